The summed E-state index contributed by atoms with van der Waals surface area (Å²) >= 11 is 0. The predicted molar refractivity (Wildman–Crippen MR) is 58.1 cm³/mol. The number of rotatable bonds is 7. The zero-order chi connectivity index (χ0) is 12.4. The van der Waals surface area contributed by atoms with E-state index < -0.39 is 5.41 Å². The quantitative estimate of drug-likeness (QED) is 0.519. The lowest BCUT2D eigenvalue weighted by atomic mass is 9.92. The highest BCUT2D eigenvalue weighted by molar-refractivity contribution is 5.07. The van der Waals surface area contributed by atoms with Gasteiger partial charge >= 0.3 is 0 Å². The Kier molecular flexibility index (Phi) is 3.97. The summed E-state index contributed by atoms with van der Waals surface area (Å²) in [5.41, 5.74) is -1.46. The van der Waals surface area contributed by atoms with Crippen molar-refractivity contribution in [1.82, 2.24) is 0 Å². The molecule has 1 saturated heterocycles. The summed E-state index contributed by atoms with van der Waals surface area (Å²) in [5, 5.41) is 27.3. The van der Waals surface area contributed by atoms with Gasteiger partial charge in [0, 0.05) is 0 Å². The van der Waals surface area contributed by atoms with Gasteiger partial charge in [-0.2, -0.15) is 0 Å². The Bertz CT molecular complexity index is 228. The first-order valence-electron chi connectivity index (χ1n) is 5.45. The molecule has 5 nitrogen and oxygen atoms in total. The fourth-order valence-electron chi connectivity index (χ4n) is 1.49. The second-order valence-corrected chi connectivity index (χ2v) is 5.31. The van der Waals surface area contributed by atoms with Gasteiger partial charge in [0.05, 0.1) is 44.1 Å². The third-order valence-corrected chi connectivity index (χ3v) is 3.50. The van der Waals surface area contributed by atoms with Crippen molar-refractivity contribution in [2.75, 3.05) is 33.0 Å². The van der Waals surface area contributed by atoms with E-state index in [9.17, 15) is 0 Å². The molecule has 0 bridgehead atoms. The van der Waals surface area contributed by atoms with E-state index in [4.69, 9.17) is 24.8 Å². The third-order valence-electron chi connectivity index (χ3n) is 3.50. The van der Waals surface area contributed by atoms with Gasteiger partial charge in [-0.05, 0) is 20.8 Å². The van der Waals surface area contributed by atoms with Crippen molar-refractivity contribution in [2.45, 2.75) is 32.0 Å². The van der Waals surface area contributed by atoms with Crippen LogP contribution in [0.1, 0.15) is 20.8 Å². The van der Waals surface area contributed by atoms with Gasteiger partial charge in [0.15, 0.2) is 0 Å². The normalized spacial score (nSPS) is 28.1. The minimum Gasteiger partial charge on any atom is -0.396 e. The van der Waals surface area contributed by atoms with Gasteiger partial charge in [0.1, 0.15) is 5.60 Å². The van der Waals surface area contributed by atoms with Crippen LogP contribution in [-0.4, -0.2) is 59.6 Å². The second-order valence-electron chi connectivity index (χ2n) is 5.31. The summed E-state index contributed by atoms with van der Waals surface area (Å²) in [6.07, 6.45) is 0. The minimum atomic E-state index is -0.963. The molecule has 1 unspecified atom stereocenters. The lowest BCUT2D eigenvalue weighted by Gasteiger charge is -2.27. The van der Waals surface area contributed by atoms with Crippen molar-refractivity contribution >= 4 is 0 Å². The van der Waals surface area contributed by atoms with Crippen molar-refractivity contribution in [1.29, 1.82) is 0 Å². The van der Waals surface area contributed by atoms with E-state index in [1.807, 2.05) is 20.8 Å². The minimum absolute atomic E-state index is 0.117. The first kappa shape index (κ1) is 13.9. The molecule has 1 heterocycles. The fraction of sp³-hybridized carbons (Fsp3) is 1.00. The van der Waals surface area contributed by atoms with Crippen molar-refractivity contribution in [2.24, 2.45) is 5.41 Å². The van der Waals surface area contributed by atoms with Gasteiger partial charge in [0.25, 0.3) is 0 Å². The molecule has 0 saturated carbocycles. The maximum Gasteiger partial charge on any atom is 0.118 e. The smallest absolute Gasteiger partial charge is 0.118 e. The van der Waals surface area contributed by atoms with Gasteiger partial charge in [-0.25, -0.2) is 0 Å². The van der Waals surface area contributed by atoms with E-state index in [2.05, 4.69) is 0 Å². The van der Waals surface area contributed by atoms with Crippen LogP contribution in [0.25, 0.3) is 0 Å². The van der Waals surface area contributed by atoms with Gasteiger partial charge in [0.2, 0.25) is 0 Å². The Morgan fingerprint density at radius 3 is 1.81 bits per heavy atom. The number of aliphatic hydroxyl groups is 3. The Morgan fingerprint density at radius 2 is 1.50 bits per heavy atom. The number of epoxide rings is 1. The average molecular weight is 234 g/mol. The molecular formula is C11H22O5. The Hall–Kier alpha value is -0.200. The van der Waals surface area contributed by atoms with Crippen LogP contribution in [-0.2, 0) is 9.47 Å². The van der Waals surface area contributed by atoms with Gasteiger partial charge < -0.3 is 24.8 Å². The fourth-order valence-corrected chi connectivity index (χ4v) is 1.49. The molecule has 0 radical (unpaired) electrons. The molecule has 0 aromatic heterocycles. The summed E-state index contributed by atoms with van der Waals surface area (Å²) in [6.45, 7) is 5.50. The van der Waals surface area contributed by atoms with Crippen molar-refractivity contribution in [3.8, 4) is 0 Å². The van der Waals surface area contributed by atoms with Gasteiger partial charge in [-0.3, -0.25) is 0 Å². The molecule has 0 aliphatic carbocycles. The largest absolute Gasteiger partial charge is 0.396 e. The summed E-state index contributed by atoms with van der Waals surface area (Å²) in [7, 11) is 0. The molecule has 0 aromatic carbocycles. The van der Waals surface area contributed by atoms with Crippen molar-refractivity contribution < 1.29 is 24.8 Å². The van der Waals surface area contributed by atoms with Crippen LogP contribution in [0.4, 0.5) is 0 Å². The first-order valence-corrected chi connectivity index (χ1v) is 5.45. The number of ether oxygens (including phenoxy) is 2. The molecule has 5 heteroatoms. The van der Waals surface area contributed by atoms with E-state index in [0.29, 0.717) is 6.61 Å². The number of aliphatic hydroxyl groups excluding tert-OH is 3. The Labute approximate surface area is 96.0 Å². The maximum atomic E-state index is 9.09. The number of hydrogen-bond acceptors (Lipinski definition) is 5. The SMILES string of the molecule is CC1(C)OC1(C)COCC(CO)(CO)CO. The molecular weight excluding hydrogens is 212 g/mol. The summed E-state index contributed by atoms with van der Waals surface area (Å²) < 4.78 is 10.9. The predicted octanol–water partition coefficient (Wildman–Crippen LogP) is -0.466. The van der Waals surface area contributed by atoms with E-state index in [1.165, 1.54) is 0 Å². The summed E-state index contributed by atoms with van der Waals surface area (Å²) in [5.74, 6) is 0. The molecule has 1 atom stereocenters. The molecule has 16 heavy (non-hydrogen) atoms. The molecule has 1 aliphatic heterocycles. The van der Waals surface area contributed by atoms with Gasteiger partial charge in [-0.1, -0.05) is 0 Å². The average Bonchev–Trinajstić information content (AvgIpc) is 2.74. The maximum absolute atomic E-state index is 9.09. The molecule has 0 amide bonds. The van der Waals surface area contributed by atoms with Crippen LogP contribution >= 0.6 is 0 Å². The highest BCUT2D eigenvalue weighted by Gasteiger charge is 2.60. The first-order chi connectivity index (χ1) is 7.35. The molecule has 0 aromatic rings. The van der Waals surface area contributed by atoms with Crippen LogP contribution < -0.4 is 0 Å². The molecule has 1 rings (SSSR count). The van der Waals surface area contributed by atoms with Crippen LogP contribution in [0.5, 0.6) is 0 Å². The molecule has 1 fully saturated rings. The van der Waals surface area contributed by atoms with Crippen LogP contribution in [0.15, 0.2) is 0 Å². The third kappa shape index (κ3) is 2.55. The zero-order valence-corrected chi connectivity index (χ0v) is 10.2. The molecule has 96 valence electrons. The summed E-state index contributed by atoms with van der Waals surface area (Å²) in [6, 6.07) is 0. The van der Waals surface area contributed by atoms with Crippen LogP contribution in [0.2, 0.25) is 0 Å². The lowest BCUT2D eigenvalue weighted by Crippen LogP contribution is -2.40. The molecule has 3 N–H and O–H groups in total. The van der Waals surface area contributed by atoms with E-state index in [-0.39, 0.29) is 37.6 Å². The van der Waals surface area contributed by atoms with Crippen LogP contribution in [0.3, 0.4) is 0 Å². The molecule has 1 aliphatic rings. The van der Waals surface area contributed by atoms with Crippen molar-refractivity contribution in [3.63, 3.8) is 0 Å². The van der Waals surface area contributed by atoms with Crippen LogP contribution in [0, 0.1) is 5.41 Å². The monoisotopic (exact) mass is 234 g/mol. The zero-order valence-electron chi connectivity index (χ0n) is 10.2. The second kappa shape index (κ2) is 4.58. The topological polar surface area (TPSA) is 82.5 Å². The standard InChI is InChI=1S/C11H22O5/c1-9(2)10(3,16-9)7-15-8-11(4-12,5-13)6-14/h12-14H,4-8H2,1-3H3. The molecule has 0 spiro atoms. The highest BCUT2D eigenvalue weighted by Crippen LogP contribution is 2.47. The van der Waals surface area contributed by atoms with E-state index >= 15 is 0 Å². The highest BCUT2D eigenvalue weighted by atomic mass is 16.6. The van der Waals surface area contributed by atoms with Crippen molar-refractivity contribution in [3.05, 3.63) is 0 Å². The lowest BCUT2D eigenvalue weighted by molar-refractivity contribution is -0.0653. The van der Waals surface area contributed by atoms with Gasteiger partial charge in [-0.15, -0.1) is 0 Å². The Balaban J connectivity index is 2.35. The Morgan fingerprint density at radius 1 is 1.06 bits per heavy atom. The van der Waals surface area contributed by atoms with E-state index in [0.717, 1.165) is 0 Å². The summed E-state index contributed by atoms with van der Waals surface area (Å²) in [4.78, 5) is 0. The van der Waals surface area contributed by atoms with E-state index in [1.54, 1.807) is 0 Å². The number of hydrogen-bond donors (Lipinski definition) is 3.